The van der Waals surface area contributed by atoms with Crippen LogP contribution in [-0.2, 0) is 18.1 Å². The molecule has 31 heavy (non-hydrogen) atoms. The third-order valence-corrected chi connectivity index (χ3v) is 5.14. The van der Waals surface area contributed by atoms with Gasteiger partial charge in [-0.25, -0.2) is 4.79 Å². The van der Waals surface area contributed by atoms with Crippen LogP contribution in [-0.4, -0.2) is 24.0 Å². The summed E-state index contributed by atoms with van der Waals surface area (Å²) in [5.74, 6) is 0. The molecule has 7 heteroatoms. The largest absolute Gasteiger partial charge is 0.416 e. The van der Waals surface area contributed by atoms with Gasteiger partial charge in [-0.15, -0.1) is 0 Å². The predicted molar refractivity (Wildman–Crippen MR) is 119 cm³/mol. The number of nitrogens with zero attached hydrogens (tertiary/aromatic N) is 1. The van der Waals surface area contributed by atoms with Crippen molar-refractivity contribution in [3.8, 4) is 0 Å². The summed E-state index contributed by atoms with van der Waals surface area (Å²) < 4.78 is 40.3. The molecule has 0 aliphatic heterocycles. The zero-order chi connectivity index (χ0) is 23.4. The minimum atomic E-state index is -4.50. The predicted octanol–water partition coefficient (Wildman–Crippen LogP) is 6.02. The van der Waals surface area contributed by atoms with E-state index in [1.165, 1.54) is 17.0 Å². The Morgan fingerprint density at radius 2 is 1.55 bits per heavy atom. The molecule has 0 aliphatic rings. The van der Waals surface area contributed by atoms with E-state index in [9.17, 15) is 18.0 Å². The normalized spacial score (nSPS) is 12.5. The van der Waals surface area contributed by atoms with Crippen LogP contribution in [0.2, 0.25) is 0 Å². The number of anilines is 1. The van der Waals surface area contributed by atoms with Crippen LogP contribution >= 0.6 is 0 Å². The molecule has 2 aromatic rings. The molecular weight excluding hydrogens is 403 g/mol. The van der Waals surface area contributed by atoms with Gasteiger partial charge in [0.1, 0.15) is 0 Å². The molecule has 0 fully saturated rings. The van der Waals surface area contributed by atoms with Gasteiger partial charge in [0.05, 0.1) is 5.56 Å². The number of benzene rings is 2. The standard InChI is InChI=1S/C24H32F3N3O/c1-22(2,3)18-10-12-19(13-11-18)29-21(31)30(16-23(4,5)15-28)14-17-8-6-7-9-20(17)24(25,26)27/h6-13H,14-16,28H2,1-5H3,(H,29,31). The first-order chi connectivity index (χ1) is 14.2. The van der Waals surface area contributed by atoms with Gasteiger partial charge in [-0.2, -0.15) is 13.2 Å². The number of hydrogen-bond acceptors (Lipinski definition) is 2. The first-order valence-corrected chi connectivity index (χ1v) is 10.2. The third kappa shape index (κ3) is 6.99. The van der Waals surface area contributed by atoms with Gasteiger partial charge in [-0.05, 0) is 46.7 Å². The summed E-state index contributed by atoms with van der Waals surface area (Å²) in [5, 5.41) is 2.81. The number of alkyl halides is 3. The summed E-state index contributed by atoms with van der Waals surface area (Å²) in [6, 6.07) is 12.3. The number of halogens is 3. The van der Waals surface area contributed by atoms with Crippen molar-refractivity contribution in [3.05, 3.63) is 65.2 Å². The molecule has 0 saturated heterocycles. The van der Waals surface area contributed by atoms with Crippen LogP contribution in [0, 0.1) is 5.41 Å². The zero-order valence-electron chi connectivity index (χ0n) is 18.8. The van der Waals surface area contributed by atoms with Gasteiger partial charge in [0.2, 0.25) is 0 Å². The van der Waals surface area contributed by atoms with E-state index < -0.39 is 23.2 Å². The number of carbonyl (C=O) groups excluding carboxylic acids is 1. The molecule has 0 heterocycles. The van der Waals surface area contributed by atoms with Gasteiger partial charge < -0.3 is 16.0 Å². The second kappa shape index (κ2) is 9.30. The topological polar surface area (TPSA) is 58.4 Å². The Bertz CT molecular complexity index is 884. The summed E-state index contributed by atoms with van der Waals surface area (Å²) in [6.07, 6.45) is -4.50. The van der Waals surface area contributed by atoms with Crippen LogP contribution in [0.4, 0.5) is 23.7 Å². The highest BCUT2D eigenvalue weighted by Gasteiger charge is 2.34. The van der Waals surface area contributed by atoms with Crippen molar-refractivity contribution < 1.29 is 18.0 Å². The molecule has 0 aliphatic carbocycles. The molecule has 0 radical (unpaired) electrons. The zero-order valence-corrected chi connectivity index (χ0v) is 18.8. The van der Waals surface area contributed by atoms with Crippen molar-refractivity contribution in [2.45, 2.75) is 52.8 Å². The van der Waals surface area contributed by atoms with Crippen molar-refractivity contribution in [3.63, 3.8) is 0 Å². The van der Waals surface area contributed by atoms with E-state index >= 15 is 0 Å². The van der Waals surface area contributed by atoms with Crippen LogP contribution in [0.15, 0.2) is 48.5 Å². The van der Waals surface area contributed by atoms with Crippen molar-refractivity contribution in [2.24, 2.45) is 11.1 Å². The SMILES string of the molecule is CC(C)(CN)CN(Cc1ccccc1C(F)(F)F)C(=O)Nc1ccc(C(C)(C)C)cc1. The van der Waals surface area contributed by atoms with Crippen molar-refractivity contribution in [1.82, 2.24) is 4.90 Å². The molecule has 0 saturated carbocycles. The summed E-state index contributed by atoms with van der Waals surface area (Å²) in [6.45, 7) is 10.4. The molecular formula is C24H32F3N3O. The number of rotatable bonds is 6. The molecule has 0 bridgehead atoms. The summed E-state index contributed by atoms with van der Waals surface area (Å²) in [7, 11) is 0. The van der Waals surface area contributed by atoms with Crippen molar-refractivity contribution in [2.75, 3.05) is 18.4 Å². The highest BCUT2D eigenvalue weighted by atomic mass is 19.4. The minimum absolute atomic E-state index is 0.0268. The first kappa shape index (κ1) is 24.7. The van der Waals surface area contributed by atoms with Crippen molar-refractivity contribution in [1.29, 1.82) is 0 Å². The van der Waals surface area contributed by atoms with E-state index in [0.717, 1.165) is 11.6 Å². The Labute approximate surface area is 182 Å². The van der Waals surface area contributed by atoms with Crippen molar-refractivity contribution >= 4 is 11.7 Å². The fourth-order valence-electron chi connectivity index (χ4n) is 3.18. The molecule has 0 atom stereocenters. The van der Waals surface area contributed by atoms with Crippen LogP contribution in [0.3, 0.4) is 0 Å². The van der Waals surface area contributed by atoms with Gasteiger partial charge in [0, 0.05) is 18.8 Å². The molecule has 2 rings (SSSR count). The quantitative estimate of drug-likeness (QED) is 0.583. The summed E-state index contributed by atoms with van der Waals surface area (Å²) in [4.78, 5) is 14.4. The average molecular weight is 436 g/mol. The van der Waals surface area contributed by atoms with E-state index in [4.69, 9.17) is 5.73 Å². The molecule has 170 valence electrons. The monoisotopic (exact) mass is 435 g/mol. The van der Waals surface area contributed by atoms with E-state index in [1.54, 1.807) is 18.2 Å². The molecule has 0 aromatic heterocycles. The lowest BCUT2D eigenvalue weighted by Gasteiger charge is -2.32. The average Bonchev–Trinajstić information content (AvgIpc) is 2.66. The maximum absolute atomic E-state index is 13.4. The molecule has 3 N–H and O–H groups in total. The molecule has 4 nitrogen and oxygen atoms in total. The van der Waals surface area contributed by atoms with E-state index in [2.05, 4.69) is 26.1 Å². The van der Waals surface area contributed by atoms with Gasteiger partial charge in [0.15, 0.2) is 0 Å². The Morgan fingerprint density at radius 1 is 0.968 bits per heavy atom. The van der Waals surface area contributed by atoms with Crippen LogP contribution < -0.4 is 11.1 Å². The molecule has 2 amide bonds. The van der Waals surface area contributed by atoms with Gasteiger partial charge in [-0.3, -0.25) is 0 Å². The fourth-order valence-corrected chi connectivity index (χ4v) is 3.18. The number of urea groups is 1. The lowest BCUT2D eigenvalue weighted by molar-refractivity contribution is -0.138. The highest BCUT2D eigenvalue weighted by molar-refractivity contribution is 5.89. The second-order valence-corrected chi connectivity index (χ2v) is 9.64. The van der Waals surface area contributed by atoms with Crippen LogP contribution in [0.1, 0.15) is 51.3 Å². The van der Waals surface area contributed by atoms with E-state index in [0.29, 0.717) is 5.69 Å². The molecule has 2 aromatic carbocycles. The number of nitrogens with one attached hydrogen (secondary N) is 1. The molecule has 0 spiro atoms. The number of hydrogen-bond donors (Lipinski definition) is 2. The maximum atomic E-state index is 13.4. The van der Waals surface area contributed by atoms with Gasteiger partial charge in [-0.1, -0.05) is 65.0 Å². The lowest BCUT2D eigenvalue weighted by atomic mass is 9.87. The Morgan fingerprint density at radius 3 is 2.06 bits per heavy atom. The fraction of sp³-hybridized carbons (Fsp3) is 0.458. The third-order valence-electron chi connectivity index (χ3n) is 5.14. The minimum Gasteiger partial charge on any atom is -0.330 e. The lowest BCUT2D eigenvalue weighted by Crippen LogP contribution is -2.43. The van der Waals surface area contributed by atoms with Crippen LogP contribution in [0.5, 0.6) is 0 Å². The Kier molecular flexibility index (Phi) is 7.42. The number of carbonyl (C=O) groups is 1. The highest BCUT2D eigenvalue weighted by Crippen LogP contribution is 2.33. The van der Waals surface area contributed by atoms with E-state index in [-0.39, 0.29) is 30.6 Å². The number of amides is 2. The second-order valence-electron chi connectivity index (χ2n) is 9.64. The number of nitrogens with two attached hydrogens (primary N) is 1. The van der Waals surface area contributed by atoms with Gasteiger partial charge >= 0.3 is 12.2 Å². The maximum Gasteiger partial charge on any atom is 0.416 e. The molecule has 0 unspecified atom stereocenters. The van der Waals surface area contributed by atoms with Crippen LogP contribution in [0.25, 0.3) is 0 Å². The summed E-state index contributed by atoms with van der Waals surface area (Å²) >= 11 is 0. The Hall–Kier alpha value is -2.54. The Balaban J connectivity index is 2.29. The van der Waals surface area contributed by atoms with E-state index in [1.807, 2.05) is 26.0 Å². The summed E-state index contributed by atoms with van der Waals surface area (Å²) in [5.41, 5.74) is 6.33. The smallest absolute Gasteiger partial charge is 0.330 e. The van der Waals surface area contributed by atoms with Gasteiger partial charge in [0.25, 0.3) is 0 Å². The first-order valence-electron chi connectivity index (χ1n) is 10.2.